The molecule has 1 heterocycles. The molecular formula is C12H18BrNO2. The van der Waals surface area contributed by atoms with Crippen molar-refractivity contribution in [3.63, 3.8) is 0 Å². The minimum atomic E-state index is -0.0787. The minimum absolute atomic E-state index is 0.0787. The first-order valence-corrected chi connectivity index (χ1v) is 6.38. The average Bonchev–Trinajstić information content (AvgIpc) is 2.60. The third kappa shape index (κ3) is 4.39. The molecule has 0 fully saturated rings. The van der Waals surface area contributed by atoms with E-state index in [-0.39, 0.29) is 5.91 Å². The zero-order chi connectivity index (χ0) is 12.1. The van der Waals surface area contributed by atoms with Crippen molar-refractivity contribution in [2.45, 2.75) is 32.0 Å². The smallest absolute Gasteiger partial charge is 0.254 e. The highest BCUT2D eigenvalue weighted by atomic mass is 79.9. The fourth-order valence-corrected chi connectivity index (χ4v) is 2.37. The lowest BCUT2D eigenvalue weighted by Gasteiger charge is -2.12. The average molecular weight is 288 g/mol. The summed E-state index contributed by atoms with van der Waals surface area (Å²) in [4.78, 5) is 12.0. The van der Waals surface area contributed by atoms with Crippen LogP contribution >= 0.6 is 15.9 Å². The molecule has 0 saturated carbocycles. The number of rotatable bonds is 5. The van der Waals surface area contributed by atoms with E-state index in [9.17, 15) is 4.79 Å². The van der Waals surface area contributed by atoms with Gasteiger partial charge in [0.15, 0.2) is 0 Å². The van der Waals surface area contributed by atoms with E-state index in [0.29, 0.717) is 22.9 Å². The van der Waals surface area contributed by atoms with Crippen molar-refractivity contribution in [3.05, 3.63) is 23.7 Å². The molecule has 0 aliphatic carbocycles. The Morgan fingerprint density at radius 2 is 2.25 bits per heavy atom. The lowest BCUT2D eigenvalue weighted by molar-refractivity contribution is 0.0952. The summed E-state index contributed by atoms with van der Waals surface area (Å²) >= 11 is 3.55. The molecule has 1 rings (SSSR count). The molecule has 3 nitrogen and oxygen atoms in total. The van der Waals surface area contributed by atoms with Gasteiger partial charge in [-0.1, -0.05) is 29.8 Å². The fourth-order valence-electron chi connectivity index (χ4n) is 1.46. The molecule has 1 amide bonds. The van der Waals surface area contributed by atoms with Gasteiger partial charge in [0.05, 0.1) is 5.56 Å². The molecule has 0 bridgehead atoms. The van der Waals surface area contributed by atoms with Crippen LogP contribution in [-0.4, -0.2) is 17.3 Å². The van der Waals surface area contributed by atoms with E-state index >= 15 is 0 Å². The largest absolute Gasteiger partial charge is 0.469 e. The number of carbonyl (C=O) groups is 1. The van der Waals surface area contributed by atoms with Crippen LogP contribution in [-0.2, 0) is 0 Å². The van der Waals surface area contributed by atoms with Crippen LogP contribution in [0.3, 0.4) is 0 Å². The summed E-state index contributed by atoms with van der Waals surface area (Å²) in [5.74, 6) is 1.30. The van der Waals surface area contributed by atoms with Gasteiger partial charge >= 0.3 is 0 Å². The van der Waals surface area contributed by atoms with Crippen LogP contribution in [0.4, 0.5) is 0 Å². The molecule has 4 heteroatoms. The van der Waals surface area contributed by atoms with Crippen LogP contribution in [0.25, 0.3) is 0 Å². The first kappa shape index (κ1) is 13.3. The molecule has 1 aromatic rings. The maximum absolute atomic E-state index is 11.7. The van der Waals surface area contributed by atoms with Gasteiger partial charge in [0.25, 0.3) is 5.91 Å². The highest BCUT2D eigenvalue weighted by Crippen LogP contribution is 2.12. The summed E-state index contributed by atoms with van der Waals surface area (Å²) in [6.07, 6.45) is 2.53. The quantitative estimate of drug-likeness (QED) is 0.846. The van der Waals surface area contributed by atoms with E-state index in [1.165, 1.54) is 6.26 Å². The van der Waals surface area contributed by atoms with Crippen molar-refractivity contribution >= 4 is 21.8 Å². The second-order valence-electron chi connectivity index (χ2n) is 4.38. The second-order valence-corrected chi connectivity index (χ2v) is 5.68. The van der Waals surface area contributed by atoms with Crippen LogP contribution in [0.2, 0.25) is 0 Å². The topological polar surface area (TPSA) is 42.2 Å². The third-order valence-corrected chi connectivity index (χ3v) is 2.90. The first-order valence-electron chi connectivity index (χ1n) is 5.46. The van der Waals surface area contributed by atoms with Crippen LogP contribution in [0.5, 0.6) is 0 Å². The normalized spacial score (nSPS) is 12.8. The molecule has 1 unspecified atom stereocenters. The molecule has 1 atom stereocenters. The van der Waals surface area contributed by atoms with E-state index in [2.05, 4.69) is 35.1 Å². The summed E-state index contributed by atoms with van der Waals surface area (Å²) in [5, 5.41) is 2.87. The molecule has 0 spiro atoms. The van der Waals surface area contributed by atoms with Crippen molar-refractivity contribution in [3.8, 4) is 0 Å². The number of hydrogen-bond acceptors (Lipinski definition) is 2. The Kier molecular flexibility index (Phi) is 5.06. The van der Waals surface area contributed by atoms with E-state index in [4.69, 9.17) is 4.42 Å². The molecule has 0 aliphatic heterocycles. The zero-order valence-corrected chi connectivity index (χ0v) is 11.5. The fraction of sp³-hybridized carbons (Fsp3) is 0.583. The Labute approximate surface area is 105 Å². The third-order valence-electron chi connectivity index (χ3n) is 2.20. The van der Waals surface area contributed by atoms with Gasteiger partial charge in [0.1, 0.15) is 12.0 Å². The maximum Gasteiger partial charge on any atom is 0.254 e. The Morgan fingerprint density at radius 3 is 2.75 bits per heavy atom. The van der Waals surface area contributed by atoms with Gasteiger partial charge in [-0.05, 0) is 25.3 Å². The molecule has 0 radical (unpaired) electrons. The van der Waals surface area contributed by atoms with Gasteiger partial charge in [-0.3, -0.25) is 4.79 Å². The number of carbonyl (C=O) groups excluding carboxylic acids is 1. The van der Waals surface area contributed by atoms with Gasteiger partial charge in [-0.15, -0.1) is 0 Å². The lowest BCUT2D eigenvalue weighted by atomic mass is 10.1. The van der Waals surface area contributed by atoms with Crippen molar-refractivity contribution < 1.29 is 9.21 Å². The Balaban J connectivity index is 2.35. The molecule has 90 valence electrons. The number of amides is 1. The first-order chi connectivity index (χ1) is 7.49. The van der Waals surface area contributed by atoms with E-state index < -0.39 is 0 Å². The van der Waals surface area contributed by atoms with E-state index in [1.807, 2.05) is 6.92 Å². The Bertz CT molecular complexity index is 347. The van der Waals surface area contributed by atoms with Crippen molar-refractivity contribution in [1.29, 1.82) is 0 Å². The molecule has 0 saturated heterocycles. The van der Waals surface area contributed by atoms with Gasteiger partial charge in [-0.2, -0.15) is 0 Å². The predicted molar refractivity (Wildman–Crippen MR) is 67.9 cm³/mol. The van der Waals surface area contributed by atoms with Crippen molar-refractivity contribution in [1.82, 2.24) is 5.32 Å². The monoisotopic (exact) mass is 287 g/mol. The summed E-state index contributed by atoms with van der Waals surface area (Å²) in [6.45, 7) is 6.79. The van der Waals surface area contributed by atoms with E-state index in [0.717, 1.165) is 12.2 Å². The number of furan rings is 1. The summed E-state index contributed by atoms with van der Waals surface area (Å²) in [5.41, 5.74) is 0.585. The molecular weight excluding hydrogens is 270 g/mol. The molecule has 1 N–H and O–H groups in total. The predicted octanol–water partition coefficient (Wildman–Crippen LogP) is 3.13. The zero-order valence-electron chi connectivity index (χ0n) is 9.92. The molecule has 1 aromatic heterocycles. The van der Waals surface area contributed by atoms with E-state index in [1.54, 1.807) is 6.07 Å². The van der Waals surface area contributed by atoms with Crippen molar-refractivity contribution in [2.24, 2.45) is 5.92 Å². The van der Waals surface area contributed by atoms with Crippen LogP contribution in [0, 0.1) is 12.8 Å². The van der Waals surface area contributed by atoms with Gasteiger partial charge in [-0.25, -0.2) is 0 Å². The van der Waals surface area contributed by atoms with Crippen LogP contribution in [0.1, 0.15) is 36.4 Å². The highest BCUT2D eigenvalue weighted by molar-refractivity contribution is 9.09. The lowest BCUT2D eigenvalue weighted by Crippen LogP contribution is -2.29. The van der Waals surface area contributed by atoms with Gasteiger partial charge in [0, 0.05) is 11.4 Å². The number of halogens is 1. The Hall–Kier alpha value is -0.770. The van der Waals surface area contributed by atoms with Crippen LogP contribution in [0.15, 0.2) is 16.7 Å². The van der Waals surface area contributed by atoms with Gasteiger partial charge < -0.3 is 9.73 Å². The van der Waals surface area contributed by atoms with Gasteiger partial charge in [0.2, 0.25) is 0 Å². The molecule has 16 heavy (non-hydrogen) atoms. The summed E-state index contributed by atoms with van der Waals surface area (Å²) < 4.78 is 5.08. The number of hydrogen-bond donors (Lipinski definition) is 1. The number of alkyl halides is 1. The maximum atomic E-state index is 11.7. The number of nitrogens with one attached hydrogen (secondary N) is 1. The highest BCUT2D eigenvalue weighted by Gasteiger charge is 2.11. The van der Waals surface area contributed by atoms with Crippen molar-refractivity contribution in [2.75, 3.05) is 6.54 Å². The second kappa shape index (κ2) is 6.09. The summed E-state index contributed by atoms with van der Waals surface area (Å²) in [7, 11) is 0. The van der Waals surface area contributed by atoms with Crippen LogP contribution < -0.4 is 5.32 Å². The standard InChI is InChI=1S/C12H18BrNO2/c1-8(2)4-11(13)6-14-12(15)10-5-9(3)16-7-10/h5,7-8,11H,4,6H2,1-3H3,(H,14,15). The Morgan fingerprint density at radius 1 is 1.56 bits per heavy atom. The number of aryl methyl sites for hydroxylation is 1. The summed E-state index contributed by atoms with van der Waals surface area (Å²) in [6, 6.07) is 1.74. The molecule has 0 aromatic carbocycles. The minimum Gasteiger partial charge on any atom is -0.469 e. The molecule has 0 aliphatic rings. The SMILES string of the molecule is Cc1cc(C(=O)NCC(Br)CC(C)C)co1.